The van der Waals surface area contributed by atoms with Crippen LogP contribution >= 0.6 is 11.8 Å². The quantitative estimate of drug-likeness (QED) is 0.730. The summed E-state index contributed by atoms with van der Waals surface area (Å²) in [6.45, 7) is 1.69. The second-order valence-electron chi connectivity index (χ2n) is 7.89. The maximum absolute atomic E-state index is 13.3. The molecule has 0 spiro atoms. The second-order valence-corrected chi connectivity index (χ2v) is 9.04. The Labute approximate surface area is 187 Å². The highest BCUT2D eigenvalue weighted by atomic mass is 32.2. The lowest BCUT2D eigenvalue weighted by Gasteiger charge is -2.34. The van der Waals surface area contributed by atoms with E-state index in [0.717, 1.165) is 36.1 Å². The van der Waals surface area contributed by atoms with Crippen molar-refractivity contribution in [2.75, 3.05) is 24.5 Å². The van der Waals surface area contributed by atoms with Gasteiger partial charge in [0.2, 0.25) is 11.8 Å². The van der Waals surface area contributed by atoms with Gasteiger partial charge in [-0.3, -0.25) is 14.4 Å². The highest BCUT2D eigenvalue weighted by Gasteiger charge is 2.40. The third kappa shape index (κ3) is 5.10. The Bertz CT molecular complexity index is 942. The maximum atomic E-state index is 13.3. The van der Waals surface area contributed by atoms with E-state index in [1.54, 1.807) is 0 Å². The number of nitrogens with zero attached hydrogens (tertiary/aromatic N) is 2. The number of likely N-dealkylation sites (tertiary alicyclic amines) is 1. The summed E-state index contributed by atoms with van der Waals surface area (Å²) in [5, 5.41) is 2.04. The van der Waals surface area contributed by atoms with Gasteiger partial charge in [0.25, 0.3) is 5.91 Å². The number of carbonyl (C=O) groups is 3. The summed E-state index contributed by atoms with van der Waals surface area (Å²) in [5.41, 5.74) is 1.68. The van der Waals surface area contributed by atoms with E-state index in [-0.39, 0.29) is 24.3 Å². The molecule has 0 aliphatic carbocycles. The molecule has 2 heterocycles. The minimum absolute atomic E-state index is 0.104. The molecule has 2 aliphatic rings. The molecule has 31 heavy (non-hydrogen) atoms. The number of anilines is 1. The van der Waals surface area contributed by atoms with Crippen molar-refractivity contribution in [3.8, 4) is 0 Å². The van der Waals surface area contributed by atoms with E-state index in [4.69, 9.17) is 0 Å². The molecular formula is C24H27N3O3S. The Balaban J connectivity index is 1.49. The van der Waals surface area contributed by atoms with Crippen LogP contribution in [0.3, 0.4) is 0 Å². The van der Waals surface area contributed by atoms with Crippen LogP contribution in [-0.2, 0) is 20.9 Å². The van der Waals surface area contributed by atoms with E-state index in [1.165, 1.54) is 16.7 Å². The van der Waals surface area contributed by atoms with Crippen LogP contribution in [0.2, 0.25) is 0 Å². The molecule has 1 N–H and O–H groups in total. The fourth-order valence-electron chi connectivity index (χ4n) is 3.99. The lowest BCUT2D eigenvalue weighted by atomic mass is 10.2. The highest BCUT2D eigenvalue weighted by molar-refractivity contribution is 8.01. The van der Waals surface area contributed by atoms with E-state index in [9.17, 15) is 14.4 Å². The van der Waals surface area contributed by atoms with Crippen molar-refractivity contribution in [1.82, 2.24) is 10.2 Å². The summed E-state index contributed by atoms with van der Waals surface area (Å²) in [7, 11) is 0. The molecule has 0 aromatic heterocycles. The van der Waals surface area contributed by atoms with Crippen LogP contribution in [-0.4, -0.2) is 47.5 Å². The summed E-state index contributed by atoms with van der Waals surface area (Å²) in [6.07, 6.45) is 4.18. The van der Waals surface area contributed by atoms with E-state index in [2.05, 4.69) is 5.32 Å². The van der Waals surface area contributed by atoms with Crippen molar-refractivity contribution >= 4 is 35.2 Å². The lowest BCUT2D eigenvalue weighted by Crippen LogP contribution is -2.52. The molecule has 1 saturated heterocycles. The van der Waals surface area contributed by atoms with Gasteiger partial charge in [-0.2, -0.15) is 0 Å². The molecule has 0 saturated carbocycles. The topological polar surface area (TPSA) is 69.7 Å². The van der Waals surface area contributed by atoms with Gasteiger partial charge in [0.1, 0.15) is 6.54 Å². The Morgan fingerprint density at radius 2 is 1.61 bits per heavy atom. The number of fused-ring (bicyclic) bond motifs is 1. The summed E-state index contributed by atoms with van der Waals surface area (Å²) in [6, 6.07) is 17.1. The molecule has 1 atom stereocenters. The first-order valence-corrected chi connectivity index (χ1v) is 11.7. The molecule has 2 aliphatic heterocycles. The van der Waals surface area contributed by atoms with Gasteiger partial charge in [0.05, 0.1) is 5.69 Å². The molecule has 7 heteroatoms. The van der Waals surface area contributed by atoms with Crippen LogP contribution in [0.5, 0.6) is 0 Å². The lowest BCUT2D eigenvalue weighted by molar-refractivity contribution is -0.135. The van der Waals surface area contributed by atoms with Crippen LogP contribution in [0, 0.1) is 0 Å². The average molecular weight is 438 g/mol. The van der Waals surface area contributed by atoms with E-state index < -0.39 is 5.25 Å². The first kappa shape index (κ1) is 21.4. The Morgan fingerprint density at radius 1 is 0.935 bits per heavy atom. The van der Waals surface area contributed by atoms with Crippen LogP contribution in [0.15, 0.2) is 59.5 Å². The van der Waals surface area contributed by atoms with Crippen molar-refractivity contribution in [3.05, 3.63) is 60.2 Å². The molecule has 6 nitrogen and oxygen atoms in total. The fraction of sp³-hybridized carbons (Fsp3) is 0.375. The molecular weight excluding hydrogens is 410 g/mol. The van der Waals surface area contributed by atoms with Gasteiger partial charge in [-0.1, -0.05) is 55.3 Å². The number of rotatable bonds is 5. The first-order chi connectivity index (χ1) is 15.1. The van der Waals surface area contributed by atoms with E-state index >= 15 is 0 Å². The van der Waals surface area contributed by atoms with Gasteiger partial charge < -0.3 is 15.1 Å². The molecule has 0 unspecified atom stereocenters. The van der Waals surface area contributed by atoms with E-state index in [1.807, 2.05) is 59.5 Å². The predicted molar refractivity (Wildman–Crippen MR) is 122 cm³/mol. The number of thioether (sulfide) groups is 1. The zero-order chi connectivity index (χ0) is 21.6. The van der Waals surface area contributed by atoms with Crippen LogP contribution < -0.4 is 10.2 Å². The van der Waals surface area contributed by atoms with Gasteiger partial charge in [-0.05, 0) is 30.5 Å². The van der Waals surface area contributed by atoms with Gasteiger partial charge >= 0.3 is 0 Å². The molecule has 0 radical (unpaired) electrons. The Morgan fingerprint density at radius 3 is 2.35 bits per heavy atom. The standard InChI is InChI=1S/C24H27N3O3S/c28-21(25-16-18-10-4-3-5-11-18)17-27-19-12-6-7-13-20(19)31-22(24(27)30)23(29)26-14-8-1-2-9-15-26/h3-7,10-13,22H,1-2,8-9,14-17H2,(H,25,28)/t22-/m1/s1. The summed E-state index contributed by atoms with van der Waals surface area (Å²) >= 11 is 1.30. The van der Waals surface area contributed by atoms with Crippen molar-refractivity contribution in [2.24, 2.45) is 0 Å². The van der Waals surface area contributed by atoms with Gasteiger partial charge in [0.15, 0.2) is 5.25 Å². The molecule has 0 bridgehead atoms. The Hall–Kier alpha value is -2.80. The zero-order valence-electron chi connectivity index (χ0n) is 17.5. The summed E-state index contributed by atoms with van der Waals surface area (Å²) < 4.78 is 0. The minimum atomic E-state index is -0.838. The third-order valence-electron chi connectivity index (χ3n) is 5.67. The molecule has 162 valence electrons. The second kappa shape index (κ2) is 10.0. The van der Waals surface area contributed by atoms with Crippen molar-refractivity contribution in [1.29, 1.82) is 0 Å². The number of hydrogen-bond donors (Lipinski definition) is 1. The number of carbonyl (C=O) groups excluding carboxylic acids is 3. The maximum Gasteiger partial charge on any atom is 0.250 e. The molecule has 4 rings (SSSR count). The largest absolute Gasteiger partial charge is 0.350 e. The zero-order valence-corrected chi connectivity index (χ0v) is 18.3. The first-order valence-electron chi connectivity index (χ1n) is 10.8. The normalized spacial score (nSPS) is 18.8. The molecule has 2 aromatic rings. The SMILES string of the molecule is O=C(CN1C(=O)[C@@H](C(=O)N2CCCCCC2)Sc2ccccc21)NCc1ccccc1. The van der Waals surface area contributed by atoms with Gasteiger partial charge in [0, 0.05) is 24.5 Å². The molecule has 2 aromatic carbocycles. The highest BCUT2D eigenvalue weighted by Crippen LogP contribution is 2.39. The number of benzene rings is 2. The number of hydrogen-bond acceptors (Lipinski definition) is 4. The molecule has 1 fully saturated rings. The average Bonchev–Trinajstić information content (AvgIpc) is 3.09. The number of nitrogens with one attached hydrogen (secondary N) is 1. The van der Waals surface area contributed by atoms with Crippen molar-refractivity contribution in [3.63, 3.8) is 0 Å². The van der Waals surface area contributed by atoms with Gasteiger partial charge in [-0.25, -0.2) is 0 Å². The van der Waals surface area contributed by atoms with Crippen molar-refractivity contribution in [2.45, 2.75) is 42.4 Å². The monoisotopic (exact) mass is 437 g/mol. The summed E-state index contributed by atoms with van der Waals surface area (Å²) in [4.78, 5) is 43.4. The Kier molecular flexibility index (Phi) is 6.92. The van der Waals surface area contributed by atoms with E-state index in [0.29, 0.717) is 25.3 Å². The number of amides is 3. The summed E-state index contributed by atoms with van der Waals surface area (Å²) in [5.74, 6) is -0.700. The van der Waals surface area contributed by atoms with Crippen LogP contribution in [0.1, 0.15) is 31.2 Å². The predicted octanol–water partition coefficient (Wildman–Crippen LogP) is 3.21. The van der Waals surface area contributed by atoms with Gasteiger partial charge in [-0.15, -0.1) is 11.8 Å². The van der Waals surface area contributed by atoms with Crippen LogP contribution in [0.25, 0.3) is 0 Å². The fourth-order valence-corrected chi connectivity index (χ4v) is 5.18. The molecule has 3 amide bonds. The van der Waals surface area contributed by atoms with Crippen molar-refractivity contribution < 1.29 is 14.4 Å². The smallest absolute Gasteiger partial charge is 0.250 e. The van der Waals surface area contributed by atoms with Crippen LogP contribution in [0.4, 0.5) is 5.69 Å². The third-order valence-corrected chi connectivity index (χ3v) is 6.91. The minimum Gasteiger partial charge on any atom is -0.350 e. The number of para-hydroxylation sites is 1.